The Morgan fingerprint density at radius 3 is 2.53 bits per heavy atom. The molecule has 0 fully saturated rings. The molecule has 1 aliphatic carbocycles. The molecule has 8 heteroatoms. The van der Waals surface area contributed by atoms with Crippen molar-refractivity contribution in [2.45, 2.75) is 58.3 Å². The van der Waals surface area contributed by atoms with E-state index in [-0.39, 0.29) is 24.2 Å². The number of hydrogen-bond acceptors (Lipinski definition) is 5. The lowest BCUT2D eigenvalue weighted by atomic mass is 9.92. The highest BCUT2D eigenvalue weighted by Crippen LogP contribution is 2.35. The summed E-state index contributed by atoms with van der Waals surface area (Å²) in [6.45, 7) is 7.02. The first-order valence-electron chi connectivity index (χ1n) is 10.1. The molecule has 1 aliphatic rings. The lowest BCUT2D eigenvalue weighted by molar-refractivity contribution is 0.0305. The summed E-state index contributed by atoms with van der Waals surface area (Å²) in [7, 11) is 0. The molecule has 2 aromatic rings. The number of aromatic nitrogens is 2. The second-order valence-corrected chi connectivity index (χ2v) is 7.63. The highest BCUT2D eigenvalue weighted by atomic mass is 16.6. The molecule has 0 saturated carbocycles. The van der Waals surface area contributed by atoms with Gasteiger partial charge in [0.25, 0.3) is 0 Å². The number of hydrazine groups is 1. The van der Waals surface area contributed by atoms with Gasteiger partial charge in [-0.3, -0.25) is 0 Å². The molecule has 0 spiro atoms. The van der Waals surface area contributed by atoms with Crippen LogP contribution in [-0.2, 0) is 9.47 Å². The highest BCUT2D eigenvalue weighted by Gasteiger charge is 2.37. The van der Waals surface area contributed by atoms with Crippen LogP contribution < -0.4 is 5.43 Å². The van der Waals surface area contributed by atoms with Crippen LogP contribution in [0.3, 0.4) is 0 Å². The fourth-order valence-electron chi connectivity index (χ4n) is 3.47. The number of amides is 2. The van der Waals surface area contributed by atoms with Crippen molar-refractivity contribution in [2.75, 3.05) is 0 Å². The van der Waals surface area contributed by atoms with Gasteiger partial charge in [0.05, 0.1) is 23.9 Å². The van der Waals surface area contributed by atoms with Crippen molar-refractivity contribution in [1.29, 1.82) is 0 Å². The molecule has 0 saturated heterocycles. The maximum Gasteiger partial charge on any atom is 0.429 e. The number of rotatable bonds is 5. The maximum atomic E-state index is 12.8. The summed E-state index contributed by atoms with van der Waals surface area (Å²) in [6, 6.07) is 9.35. The minimum absolute atomic E-state index is 0.163. The van der Waals surface area contributed by atoms with Crippen molar-refractivity contribution in [3.8, 4) is 5.69 Å². The van der Waals surface area contributed by atoms with E-state index in [1.54, 1.807) is 38.6 Å². The molecule has 0 radical (unpaired) electrons. The second kappa shape index (κ2) is 9.47. The van der Waals surface area contributed by atoms with E-state index in [1.165, 1.54) is 5.01 Å². The van der Waals surface area contributed by atoms with Crippen molar-refractivity contribution >= 4 is 12.2 Å². The molecular formula is C22H28N4O4. The van der Waals surface area contributed by atoms with Crippen LogP contribution in [0.2, 0.25) is 0 Å². The third kappa shape index (κ3) is 5.00. The van der Waals surface area contributed by atoms with Crippen LogP contribution in [0.15, 0.2) is 54.9 Å². The molecule has 3 rings (SSSR count). The molecule has 0 unspecified atom stereocenters. The lowest BCUT2D eigenvalue weighted by Crippen LogP contribution is -2.54. The predicted octanol–water partition coefficient (Wildman–Crippen LogP) is 4.18. The predicted molar refractivity (Wildman–Crippen MR) is 112 cm³/mol. The summed E-state index contributed by atoms with van der Waals surface area (Å²) in [5, 5.41) is 5.59. The Balaban J connectivity index is 1.92. The summed E-state index contributed by atoms with van der Waals surface area (Å²) in [5.74, 6) is -0.163. The van der Waals surface area contributed by atoms with Gasteiger partial charge in [0.2, 0.25) is 0 Å². The Bertz CT molecular complexity index is 892. The number of nitrogens with one attached hydrogen (secondary N) is 1. The Labute approximate surface area is 176 Å². The molecule has 1 aromatic carbocycles. The smallest absolute Gasteiger partial charge is 0.429 e. The molecule has 160 valence electrons. The fourth-order valence-corrected chi connectivity index (χ4v) is 3.47. The highest BCUT2D eigenvalue weighted by molar-refractivity contribution is 5.75. The Morgan fingerprint density at radius 1 is 1.13 bits per heavy atom. The van der Waals surface area contributed by atoms with Gasteiger partial charge in [0, 0.05) is 18.3 Å². The first kappa shape index (κ1) is 21.4. The van der Waals surface area contributed by atoms with Gasteiger partial charge in [-0.15, -0.1) is 0 Å². The van der Waals surface area contributed by atoms with Gasteiger partial charge < -0.3 is 9.47 Å². The van der Waals surface area contributed by atoms with Crippen molar-refractivity contribution in [3.05, 3.63) is 60.4 Å². The van der Waals surface area contributed by atoms with Crippen molar-refractivity contribution < 1.29 is 19.1 Å². The Kier molecular flexibility index (Phi) is 6.76. The van der Waals surface area contributed by atoms with E-state index in [0.717, 1.165) is 11.3 Å². The van der Waals surface area contributed by atoms with Crippen molar-refractivity contribution in [2.24, 2.45) is 0 Å². The van der Waals surface area contributed by atoms with Crippen molar-refractivity contribution in [3.63, 3.8) is 0 Å². The van der Waals surface area contributed by atoms with Gasteiger partial charge in [0.1, 0.15) is 0 Å². The Morgan fingerprint density at radius 2 is 1.87 bits per heavy atom. The van der Waals surface area contributed by atoms with Crippen molar-refractivity contribution in [1.82, 2.24) is 20.2 Å². The monoisotopic (exact) mass is 412 g/mol. The number of carbonyl (C=O) groups is 2. The number of hydrogen-bond donors (Lipinski definition) is 1. The van der Waals surface area contributed by atoms with Gasteiger partial charge >= 0.3 is 12.2 Å². The van der Waals surface area contributed by atoms with E-state index in [4.69, 9.17) is 9.47 Å². The third-order valence-electron chi connectivity index (χ3n) is 4.60. The van der Waals surface area contributed by atoms with E-state index in [0.29, 0.717) is 6.42 Å². The van der Waals surface area contributed by atoms with Gasteiger partial charge in [-0.1, -0.05) is 30.4 Å². The van der Waals surface area contributed by atoms with E-state index >= 15 is 0 Å². The first-order valence-corrected chi connectivity index (χ1v) is 10.1. The number of carbonyl (C=O) groups excluding carboxylic acids is 2. The third-order valence-corrected chi connectivity index (χ3v) is 4.60. The van der Waals surface area contributed by atoms with Crippen LogP contribution in [0.1, 0.15) is 45.6 Å². The summed E-state index contributed by atoms with van der Waals surface area (Å²) in [6.07, 6.45) is 6.23. The van der Waals surface area contributed by atoms with E-state index < -0.39 is 12.2 Å². The first-order chi connectivity index (χ1) is 14.4. The van der Waals surface area contributed by atoms with Gasteiger partial charge in [-0.05, 0) is 51.8 Å². The zero-order valence-electron chi connectivity index (χ0n) is 17.7. The number of nitrogens with zero attached hydrogens (tertiary/aromatic N) is 3. The largest absolute Gasteiger partial charge is 0.446 e. The summed E-state index contributed by atoms with van der Waals surface area (Å²) >= 11 is 0. The minimum atomic E-state index is -0.697. The van der Waals surface area contributed by atoms with Crippen LogP contribution in [0.5, 0.6) is 0 Å². The summed E-state index contributed by atoms with van der Waals surface area (Å²) in [5.41, 5.74) is 4.48. The molecule has 8 nitrogen and oxygen atoms in total. The van der Waals surface area contributed by atoms with E-state index in [9.17, 15) is 9.59 Å². The molecule has 1 aromatic heterocycles. The van der Waals surface area contributed by atoms with Crippen LogP contribution in [0.4, 0.5) is 9.59 Å². The molecule has 2 atom stereocenters. The van der Waals surface area contributed by atoms with Crippen LogP contribution in [0.25, 0.3) is 5.69 Å². The number of para-hydroxylation sites is 1. The second-order valence-electron chi connectivity index (χ2n) is 7.63. The SMILES string of the molecule is CC(C)OC(=O)NN(C(=O)OC(C)C)[C@@H]1CC=C[C@H]1c1ccccc1-n1cccn1. The lowest BCUT2D eigenvalue weighted by Gasteiger charge is -2.33. The van der Waals surface area contributed by atoms with E-state index in [1.807, 2.05) is 48.7 Å². The zero-order valence-corrected chi connectivity index (χ0v) is 17.7. The van der Waals surface area contributed by atoms with Gasteiger partial charge in [0.15, 0.2) is 0 Å². The number of benzene rings is 1. The topological polar surface area (TPSA) is 85.7 Å². The van der Waals surface area contributed by atoms with Crippen LogP contribution in [0, 0.1) is 0 Å². The minimum Gasteiger partial charge on any atom is -0.446 e. The van der Waals surface area contributed by atoms with Gasteiger partial charge in [-0.2, -0.15) is 5.10 Å². The maximum absolute atomic E-state index is 12.8. The zero-order chi connectivity index (χ0) is 21.7. The fraction of sp³-hybridized carbons (Fsp3) is 0.409. The van der Waals surface area contributed by atoms with Crippen LogP contribution >= 0.6 is 0 Å². The molecular weight excluding hydrogens is 384 g/mol. The van der Waals surface area contributed by atoms with E-state index in [2.05, 4.69) is 10.5 Å². The molecule has 2 amide bonds. The quantitative estimate of drug-likeness (QED) is 0.588. The standard InChI is InChI=1S/C22H28N4O4/c1-15(2)29-21(27)24-26(22(28)30-16(3)4)20-12-7-10-18(20)17-9-5-6-11-19(17)25-14-8-13-23-25/h5-11,13-16,18,20H,12H2,1-4H3,(H,24,27)/t18-,20+/m0/s1. The molecule has 1 heterocycles. The summed E-state index contributed by atoms with van der Waals surface area (Å²) < 4.78 is 12.4. The molecule has 0 aliphatic heterocycles. The summed E-state index contributed by atoms with van der Waals surface area (Å²) in [4.78, 5) is 25.1. The average molecular weight is 412 g/mol. The molecule has 0 bridgehead atoms. The average Bonchev–Trinajstić information content (AvgIpc) is 3.37. The molecule has 30 heavy (non-hydrogen) atoms. The molecule has 1 N–H and O–H groups in total. The number of ether oxygens (including phenoxy) is 2. The van der Waals surface area contributed by atoms with Gasteiger partial charge in [-0.25, -0.2) is 24.7 Å². The Hall–Kier alpha value is -3.29. The normalized spacial score (nSPS) is 17.9. The van der Waals surface area contributed by atoms with Crippen LogP contribution in [-0.4, -0.2) is 45.2 Å².